The van der Waals surface area contributed by atoms with Crippen LogP contribution < -0.4 is 10.1 Å². The van der Waals surface area contributed by atoms with Crippen LogP contribution in [0, 0.1) is 17.2 Å². The zero-order valence-corrected chi connectivity index (χ0v) is 12.8. The van der Waals surface area contributed by atoms with Gasteiger partial charge in [0.2, 0.25) is 0 Å². The van der Waals surface area contributed by atoms with E-state index in [1.165, 1.54) is 0 Å². The molecule has 2 rings (SSSR count). The van der Waals surface area contributed by atoms with E-state index >= 15 is 0 Å². The van der Waals surface area contributed by atoms with E-state index in [-0.39, 0.29) is 12.6 Å². The summed E-state index contributed by atoms with van der Waals surface area (Å²) in [4.78, 5) is 0. The Labute approximate surface area is 126 Å². The summed E-state index contributed by atoms with van der Waals surface area (Å²) in [6, 6.07) is 10.4. The summed E-state index contributed by atoms with van der Waals surface area (Å²) in [5, 5.41) is 21.9. The van der Waals surface area contributed by atoms with Gasteiger partial charge in [0.1, 0.15) is 17.9 Å². The van der Waals surface area contributed by atoms with E-state index in [1.54, 1.807) is 0 Å². The lowest BCUT2D eigenvalue weighted by Crippen LogP contribution is -2.53. The molecule has 0 spiro atoms. The highest BCUT2D eigenvalue weighted by atomic mass is 16.5. The van der Waals surface area contributed by atoms with Gasteiger partial charge >= 0.3 is 0 Å². The third-order valence-corrected chi connectivity index (χ3v) is 3.81. The molecule has 114 valence electrons. The molecule has 1 fully saturated rings. The van der Waals surface area contributed by atoms with E-state index in [2.05, 4.69) is 25.2 Å². The number of aliphatic hydroxyl groups excluding tert-OH is 1. The first-order chi connectivity index (χ1) is 10.1. The molecule has 0 heterocycles. The van der Waals surface area contributed by atoms with E-state index in [4.69, 9.17) is 9.84 Å². The van der Waals surface area contributed by atoms with E-state index < -0.39 is 5.54 Å². The highest BCUT2D eigenvalue weighted by Gasteiger charge is 2.46. The highest BCUT2D eigenvalue weighted by Crippen LogP contribution is 2.40. The quantitative estimate of drug-likeness (QED) is 0.770. The molecular weight excluding hydrogens is 264 g/mol. The number of aliphatic hydroxyl groups is 1. The molecule has 0 bridgehead atoms. The molecule has 1 saturated carbocycles. The van der Waals surface area contributed by atoms with Gasteiger partial charge in [-0.05, 0) is 56.7 Å². The van der Waals surface area contributed by atoms with Gasteiger partial charge in [0, 0.05) is 12.6 Å². The average molecular weight is 288 g/mol. The number of hydrogen-bond acceptors (Lipinski definition) is 4. The minimum atomic E-state index is -0.585. The smallest absolute Gasteiger partial charge is 0.144 e. The Morgan fingerprint density at radius 1 is 1.38 bits per heavy atom. The molecule has 0 amide bonds. The molecule has 1 atom stereocenters. The number of hydrogen-bond donors (Lipinski definition) is 2. The number of nitrogens with zero attached hydrogens (tertiary/aromatic N) is 1. The van der Waals surface area contributed by atoms with Crippen molar-refractivity contribution >= 4 is 0 Å². The van der Waals surface area contributed by atoms with Crippen LogP contribution in [0.4, 0.5) is 0 Å². The summed E-state index contributed by atoms with van der Waals surface area (Å²) in [5.74, 6) is 1.15. The Morgan fingerprint density at radius 2 is 2.05 bits per heavy atom. The van der Waals surface area contributed by atoms with Gasteiger partial charge in [-0.15, -0.1) is 0 Å². The second kappa shape index (κ2) is 6.93. The molecule has 1 unspecified atom stereocenters. The molecule has 0 saturated heterocycles. The molecule has 2 N–H and O–H groups in total. The van der Waals surface area contributed by atoms with Crippen molar-refractivity contribution < 1.29 is 9.84 Å². The van der Waals surface area contributed by atoms with Gasteiger partial charge in [0.15, 0.2) is 0 Å². The molecule has 1 aliphatic rings. The first kappa shape index (κ1) is 15.8. The van der Waals surface area contributed by atoms with Crippen LogP contribution in [0.3, 0.4) is 0 Å². The van der Waals surface area contributed by atoms with Crippen LogP contribution in [0.15, 0.2) is 24.3 Å². The minimum Gasteiger partial charge on any atom is -0.491 e. The van der Waals surface area contributed by atoms with Gasteiger partial charge in [-0.1, -0.05) is 12.1 Å². The predicted molar refractivity (Wildman–Crippen MR) is 82.1 cm³/mol. The Kier molecular flexibility index (Phi) is 5.22. The lowest BCUT2D eigenvalue weighted by molar-refractivity contribution is 0.192. The van der Waals surface area contributed by atoms with Crippen molar-refractivity contribution in [3.05, 3.63) is 29.8 Å². The Hall–Kier alpha value is -1.57. The highest BCUT2D eigenvalue weighted by molar-refractivity contribution is 5.28. The lowest BCUT2D eigenvalue weighted by atomic mass is 9.95. The van der Waals surface area contributed by atoms with E-state index in [1.807, 2.05) is 24.3 Å². The number of nitrogens with one attached hydrogen (secondary N) is 1. The summed E-state index contributed by atoms with van der Waals surface area (Å²) in [5.41, 5.74) is 0.497. The van der Waals surface area contributed by atoms with Crippen LogP contribution in [-0.4, -0.2) is 29.9 Å². The van der Waals surface area contributed by atoms with Crippen molar-refractivity contribution in [3.8, 4) is 11.8 Å². The van der Waals surface area contributed by atoms with Crippen LogP contribution in [0.25, 0.3) is 0 Å². The Balaban J connectivity index is 1.99. The van der Waals surface area contributed by atoms with Gasteiger partial charge < -0.3 is 9.84 Å². The fraction of sp³-hybridized carbons (Fsp3) is 0.588. The second-order valence-corrected chi connectivity index (χ2v) is 6.06. The molecule has 0 aromatic heterocycles. The van der Waals surface area contributed by atoms with Crippen molar-refractivity contribution in [2.24, 2.45) is 5.92 Å². The van der Waals surface area contributed by atoms with Crippen LogP contribution in [0.2, 0.25) is 0 Å². The van der Waals surface area contributed by atoms with Gasteiger partial charge in [-0.3, -0.25) is 5.32 Å². The van der Waals surface area contributed by atoms with Gasteiger partial charge in [0.25, 0.3) is 0 Å². The van der Waals surface area contributed by atoms with Crippen molar-refractivity contribution in [1.29, 1.82) is 5.26 Å². The Bertz CT molecular complexity index is 489. The number of ether oxygens (including phenoxy) is 1. The largest absolute Gasteiger partial charge is 0.491 e. The summed E-state index contributed by atoms with van der Waals surface area (Å²) in [6.07, 6.45) is 2.83. The molecular formula is C17H24N2O2. The van der Waals surface area contributed by atoms with Gasteiger partial charge in [-0.25, -0.2) is 0 Å². The molecule has 21 heavy (non-hydrogen) atoms. The van der Waals surface area contributed by atoms with E-state index in [0.29, 0.717) is 18.9 Å². The van der Waals surface area contributed by atoms with Gasteiger partial charge in [-0.2, -0.15) is 5.26 Å². The van der Waals surface area contributed by atoms with Crippen LogP contribution in [-0.2, 0) is 6.42 Å². The SMILES string of the molecule is CC(C)NC(C#N)(COc1ccc(CCO)cc1)C1CC1. The first-order valence-corrected chi connectivity index (χ1v) is 7.61. The van der Waals surface area contributed by atoms with Crippen LogP contribution in [0.5, 0.6) is 5.75 Å². The maximum Gasteiger partial charge on any atom is 0.144 e. The zero-order chi connectivity index (χ0) is 15.3. The molecule has 1 aromatic carbocycles. The van der Waals surface area contributed by atoms with E-state index in [0.717, 1.165) is 24.2 Å². The van der Waals surface area contributed by atoms with Gasteiger partial charge in [0.05, 0.1) is 6.07 Å². The molecule has 0 aliphatic heterocycles. The van der Waals surface area contributed by atoms with Crippen molar-refractivity contribution in [3.63, 3.8) is 0 Å². The third-order valence-electron chi connectivity index (χ3n) is 3.81. The van der Waals surface area contributed by atoms with Crippen LogP contribution in [0.1, 0.15) is 32.3 Å². The van der Waals surface area contributed by atoms with Crippen molar-refractivity contribution in [1.82, 2.24) is 5.32 Å². The fourth-order valence-corrected chi connectivity index (χ4v) is 2.60. The van der Waals surface area contributed by atoms with E-state index in [9.17, 15) is 5.26 Å². The summed E-state index contributed by atoms with van der Waals surface area (Å²) in [6.45, 7) is 4.62. The standard InChI is InChI=1S/C17H24N2O2/c1-13(2)19-17(11-18,15-5-6-15)12-21-16-7-3-14(4-8-16)9-10-20/h3-4,7-8,13,15,19-20H,5-6,9-10,12H2,1-2H3. The Morgan fingerprint density at radius 3 is 2.52 bits per heavy atom. The topological polar surface area (TPSA) is 65.3 Å². The summed E-state index contributed by atoms with van der Waals surface area (Å²) < 4.78 is 5.85. The average Bonchev–Trinajstić information content (AvgIpc) is 3.30. The second-order valence-electron chi connectivity index (χ2n) is 6.06. The van der Waals surface area contributed by atoms with Crippen LogP contribution >= 0.6 is 0 Å². The first-order valence-electron chi connectivity index (χ1n) is 7.61. The number of benzene rings is 1. The normalized spacial score (nSPS) is 17.3. The fourth-order valence-electron chi connectivity index (χ4n) is 2.60. The molecule has 1 aliphatic carbocycles. The maximum atomic E-state index is 9.61. The lowest BCUT2D eigenvalue weighted by Gasteiger charge is -2.30. The number of nitriles is 1. The summed E-state index contributed by atoms with van der Waals surface area (Å²) >= 11 is 0. The predicted octanol–water partition coefficient (Wildman–Crippen LogP) is 2.27. The molecule has 4 nitrogen and oxygen atoms in total. The van der Waals surface area contributed by atoms with Crippen molar-refractivity contribution in [2.45, 2.75) is 44.7 Å². The summed E-state index contributed by atoms with van der Waals surface area (Å²) in [7, 11) is 0. The van der Waals surface area contributed by atoms with Crippen molar-refractivity contribution in [2.75, 3.05) is 13.2 Å². The number of rotatable bonds is 8. The zero-order valence-electron chi connectivity index (χ0n) is 12.8. The monoisotopic (exact) mass is 288 g/mol. The third kappa shape index (κ3) is 4.20. The molecule has 4 heteroatoms. The molecule has 1 aromatic rings. The maximum absolute atomic E-state index is 9.61. The molecule has 0 radical (unpaired) electrons. The minimum absolute atomic E-state index is 0.151.